The van der Waals surface area contributed by atoms with Crippen LogP contribution in [0.2, 0.25) is 0 Å². The van der Waals surface area contributed by atoms with Crippen molar-refractivity contribution in [2.45, 2.75) is 32.1 Å². The summed E-state index contributed by atoms with van der Waals surface area (Å²) >= 11 is 0. The monoisotopic (exact) mass is 382 g/mol. The van der Waals surface area contributed by atoms with Crippen LogP contribution >= 0.6 is 12.4 Å². The Morgan fingerprint density at radius 2 is 2.08 bits per heavy atom. The van der Waals surface area contributed by atoms with Crippen LogP contribution in [-0.4, -0.2) is 43.6 Å². The third kappa shape index (κ3) is 5.08. The fourth-order valence-corrected chi connectivity index (χ4v) is 3.70. The highest BCUT2D eigenvalue weighted by molar-refractivity contribution is 5.95. The van der Waals surface area contributed by atoms with Crippen LogP contribution in [-0.2, 0) is 0 Å². The van der Waals surface area contributed by atoms with Crippen LogP contribution in [0.3, 0.4) is 0 Å². The van der Waals surface area contributed by atoms with Crippen molar-refractivity contribution in [3.8, 4) is 0 Å². The summed E-state index contributed by atoms with van der Waals surface area (Å²) in [5.41, 5.74) is 0.995. The smallest absolute Gasteiger partial charge is 0.293 e. The molecule has 0 spiro atoms. The molecule has 0 aliphatic carbocycles. The summed E-state index contributed by atoms with van der Waals surface area (Å²) in [6.45, 7) is 4.36. The summed E-state index contributed by atoms with van der Waals surface area (Å²) in [7, 11) is 0. The second-order valence-corrected chi connectivity index (χ2v) is 6.91. The zero-order valence-electron chi connectivity index (χ0n) is 14.9. The molecule has 7 nitrogen and oxygen atoms in total. The summed E-state index contributed by atoms with van der Waals surface area (Å²) < 4.78 is 0. The Bertz CT molecular complexity index is 629. The lowest BCUT2D eigenvalue weighted by Gasteiger charge is -2.22. The number of rotatable bonds is 6. The number of carbonyl (C=O) groups excluding carboxylic acids is 1. The van der Waals surface area contributed by atoms with E-state index in [1.54, 1.807) is 12.1 Å². The molecule has 2 saturated heterocycles. The minimum Gasteiger partial charge on any atom is -0.366 e. The molecule has 2 fully saturated rings. The maximum absolute atomic E-state index is 12.3. The van der Waals surface area contributed by atoms with Crippen molar-refractivity contribution in [2.75, 3.05) is 37.6 Å². The fraction of sp³-hybridized carbons (Fsp3) is 0.611. The Hall–Kier alpha value is -1.86. The molecule has 2 N–H and O–H groups in total. The van der Waals surface area contributed by atoms with E-state index in [4.69, 9.17) is 0 Å². The maximum Gasteiger partial charge on any atom is 0.293 e. The van der Waals surface area contributed by atoms with Gasteiger partial charge in [0.1, 0.15) is 5.69 Å². The van der Waals surface area contributed by atoms with Gasteiger partial charge in [0, 0.05) is 31.3 Å². The molecule has 144 valence electrons. The van der Waals surface area contributed by atoms with Gasteiger partial charge < -0.3 is 15.5 Å². The van der Waals surface area contributed by atoms with Gasteiger partial charge in [-0.15, -0.1) is 12.4 Å². The van der Waals surface area contributed by atoms with Gasteiger partial charge in [0.2, 0.25) is 0 Å². The van der Waals surface area contributed by atoms with Crippen molar-refractivity contribution >= 4 is 29.7 Å². The summed E-state index contributed by atoms with van der Waals surface area (Å²) in [5.74, 6) is 0.362. The van der Waals surface area contributed by atoms with Gasteiger partial charge in [-0.25, -0.2) is 0 Å². The van der Waals surface area contributed by atoms with Gasteiger partial charge in [-0.3, -0.25) is 14.9 Å². The Labute approximate surface area is 160 Å². The average molecular weight is 383 g/mol. The van der Waals surface area contributed by atoms with E-state index in [1.807, 2.05) is 4.90 Å². The Morgan fingerprint density at radius 3 is 2.73 bits per heavy atom. The number of nitrogens with one attached hydrogen (secondary N) is 2. The van der Waals surface area contributed by atoms with Crippen molar-refractivity contribution < 1.29 is 9.72 Å². The highest BCUT2D eigenvalue weighted by atomic mass is 35.5. The summed E-state index contributed by atoms with van der Waals surface area (Å²) in [6, 6.07) is 4.81. The molecule has 0 radical (unpaired) electrons. The number of benzene rings is 1. The van der Waals surface area contributed by atoms with E-state index in [-0.39, 0.29) is 24.0 Å². The van der Waals surface area contributed by atoms with Crippen LogP contribution in [0.5, 0.6) is 0 Å². The van der Waals surface area contributed by atoms with Gasteiger partial charge in [0.05, 0.1) is 4.92 Å². The van der Waals surface area contributed by atoms with E-state index < -0.39 is 4.92 Å². The number of piperidine rings is 1. The van der Waals surface area contributed by atoms with E-state index >= 15 is 0 Å². The first-order valence-corrected chi connectivity index (χ1v) is 9.17. The normalized spacial score (nSPS) is 19.7. The number of nitro groups is 1. The predicted octanol–water partition coefficient (Wildman–Crippen LogP) is 2.74. The minimum absolute atomic E-state index is 0. The Kier molecular flexibility index (Phi) is 7.66. The fourth-order valence-electron chi connectivity index (χ4n) is 3.70. The quantitative estimate of drug-likeness (QED) is 0.583. The van der Waals surface area contributed by atoms with Crippen molar-refractivity contribution in [3.05, 3.63) is 33.9 Å². The van der Waals surface area contributed by atoms with Crippen LogP contribution in [0, 0.1) is 16.0 Å². The molecule has 1 amide bonds. The zero-order valence-corrected chi connectivity index (χ0v) is 15.7. The summed E-state index contributed by atoms with van der Waals surface area (Å²) in [5, 5.41) is 17.7. The molecular formula is C18H27ClN4O3. The lowest BCUT2D eigenvalue weighted by atomic mass is 9.96. The molecule has 2 aliphatic rings. The topological polar surface area (TPSA) is 87.5 Å². The molecule has 1 aromatic rings. The van der Waals surface area contributed by atoms with Gasteiger partial charge >= 0.3 is 0 Å². The molecule has 2 heterocycles. The van der Waals surface area contributed by atoms with Crippen molar-refractivity contribution in [1.29, 1.82) is 0 Å². The number of hydrogen-bond donors (Lipinski definition) is 2. The molecule has 0 saturated carbocycles. The van der Waals surface area contributed by atoms with E-state index in [1.165, 1.54) is 18.9 Å². The molecule has 26 heavy (non-hydrogen) atoms. The van der Waals surface area contributed by atoms with Crippen molar-refractivity contribution in [2.24, 2.45) is 5.92 Å². The van der Waals surface area contributed by atoms with Crippen LogP contribution in [0.15, 0.2) is 18.2 Å². The highest BCUT2D eigenvalue weighted by Gasteiger charge is 2.24. The van der Waals surface area contributed by atoms with Gasteiger partial charge in [-0.1, -0.05) is 0 Å². The maximum atomic E-state index is 12.3. The summed E-state index contributed by atoms with van der Waals surface area (Å²) in [6.07, 6.45) is 5.42. The largest absolute Gasteiger partial charge is 0.366 e. The van der Waals surface area contributed by atoms with E-state index in [2.05, 4.69) is 10.6 Å². The standard InChI is InChI=1S/C18H26N4O3.ClH/c23-18(20-9-7-14-4-3-8-19-13-14)15-5-6-16(17(12-15)22(24)25)21-10-1-2-11-21;/h5-6,12,14,19H,1-4,7-11,13H2,(H,20,23);1H. The number of carbonyl (C=O) groups is 1. The number of amides is 1. The molecule has 8 heteroatoms. The number of nitrogens with zero attached hydrogens (tertiary/aromatic N) is 2. The molecule has 3 rings (SSSR count). The van der Waals surface area contributed by atoms with Crippen LogP contribution < -0.4 is 15.5 Å². The van der Waals surface area contributed by atoms with E-state index in [0.717, 1.165) is 45.4 Å². The third-order valence-corrected chi connectivity index (χ3v) is 5.12. The number of anilines is 1. The van der Waals surface area contributed by atoms with E-state index in [9.17, 15) is 14.9 Å². The Balaban J connectivity index is 0.00000243. The molecule has 1 unspecified atom stereocenters. The third-order valence-electron chi connectivity index (χ3n) is 5.12. The van der Waals surface area contributed by atoms with Gasteiger partial charge in [-0.2, -0.15) is 0 Å². The van der Waals surface area contributed by atoms with Gasteiger partial charge in [-0.05, 0) is 63.2 Å². The van der Waals surface area contributed by atoms with Gasteiger partial charge in [0.25, 0.3) is 11.6 Å². The van der Waals surface area contributed by atoms with Crippen molar-refractivity contribution in [1.82, 2.24) is 10.6 Å². The highest BCUT2D eigenvalue weighted by Crippen LogP contribution is 2.31. The molecular weight excluding hydrogens is 356 g/mol. The minimum atomic E-state index is -0.391. The molecule has 0 aromatic heterocycles. The predicted molar refractivity (Wildman–Crippen MR) is 104 cm³/mol. The lowest BCUT2D eigenvalue weighted by Crippen LogP contribution is -2.33. The summed E-state index contributed by atoms with van der Waals surface area (Å²) in [4.78, 5) is 25.4. The van der Waals surface area contributed by atoms with E-state index in [0.29, 0.717) is 23.7 Å². The zero-order chi connectivity index (χ0) is 17.6. The van der Waals surface area contributed by atoms with Crippen molar-refractivity contribution in [3.63, 3.8) is 0 Å². The molecule has 0 bridgehead atoms. The molecule has 1 atom stereocenters. The first kappa shape index (κ1) is 20.5. The average Bonchev–Trinajstić information content (AvgIpc) is 3.16. The van der Waals surface area contributed by atoms with Crippen LogP contribution in [0.25, 0.3) is 0 Å². The van der Waals surface area contributed by atoms with Gasteiger partial charge in [0.15, 0.2) is 0 Å². The van der Waals surface area contributed by atoms with Crippen LogP contribution in [0.1, 0.15) is 42.5 Å². The second-order valence-electron chi connectivity index (χ2n) is 6.91. The lowest BCUT2D eigenvalue weighted by molar-refractivity contribution is -0.384. The first-order valence-electron chi connectivity index (χ1n) is 9.17. The SMILES string of the molecule is Cl.O=C(NCCC1CCCNC1)c1ccc(N2CCCC2)c([N+](=O)[O-])c1. The Morgan fingerprint density at radius 1 is 1.31 bits per heavy atom. The number of nitro benzene ring substituents is 1. The van der Waals surface area contributed by atoms with Crippen LogP contribution in [0.4, 0.5) is 11.4 Å². The molecule has 1 aromatic carbocycles. The molecule has 2 aliphatic heterocycles. The number of halogens is 1. The first-order chi connectivity index (χ1) is 12.1. The number of hydrogen-bond acceptors (Lipinski definition) is 5. The second kappa shape index (κ2) is 9.73.